The van der Waals surface area contributed by atoms with Crippen LogP contribution in [-0.2, 0) is 6.54 Å². The van der Waals surface area contributed by atoms with Crippen LogP contribution in [0, 0.1) is 0 Å². The van der Waals surface area contributed by atoms with Gasteiger partial charge in [0.2, 0.25) is 0 Å². The van der Waals surface area contributed by atoms with Gasteiger partial charge in [-0.05, 0) is 39.4 Å². The predicted octanol–water partition coefficient (Wildman–Crippen LogP) is 2.41. The molecule has 3 heteroatoms. The van der Waals surface area contributed by atoms with Crippen LogP contribution in [0.1, 0.15) is 32.9 Å². The molecule has 0 aliphatic carbocycles. The Morgan fingerprint density at radius 3 is 2.53 bits per heavy atom. The SMILES string of the molecule is CCC(C)(C)N(C)Cc1ccc(O)cn1. The topological polar surface area (TPSA) is 36.4 Å². The van der Waals surface area contributed by atoms with E-state index in [1.54, 1.807) is 6.07 Å². The summed E-state index contributed by atoms with van der Waals surface area (Å²) < 4.78 is 0. The molecule has 84 valence electrons. The van der Waals surface area contributed by atoms with E-state index in [1.165, 1.54) is 6.20 Å². The van der Waals surface area contributed by atoms with E-state index >= 15 is 0 Å². The Balaban J connectivity index is 2.66. The number of hydrogen-bond donors (Lipinski definition) is 1. The summed E-state index contributed by atoms with van der Waals surface area (Å²) in [5.74, 6) is 0.219. The lowest BCUT2D eigenvalue weighted by Gasteiger charge is -2.34. The second-order valence-electron chi connectivity index (χ2n) is 4.53. The predicted molar refractivity (Wildman–Crippen MR) is 61.7 cm³/mol. The largest absolute Gasteiger partial charge is 0.506 e. The molecule has 0 fully saturated rings. The van der Waals surface area contributed by atoms with Gasteiger partial charge in [0, 0.05) is 12.1 Å². The number of aromatic hydroxyl groups is 1. The smallest absolute Gasteiger partial charge is 0.133 e. The fourth-order valence-electron chi connectivity index (χ4n) is 1.24. The van der Waals surface area contributed by atoms with Gasteiger partial charge < -0.3 is 5.11 Å². The van der Waals surface area contributed by atoms with Gasteiger partial charge >= 0.3 is 0 Å². The molecule has 0 spiro atoms. The summed E-state index contributed by atoms with van der Waals surface area (Å²) in [6, 6.07) is 3.53. The third-order valence-corrected chi connectivity index (χ3v) is 3.11. The second kappa shape index (κ2) is 4.62. The van der Waals surface area contributed by atoms with Crippen molar-refractivity contribution >= 4 is 0 Å². The monoisotopic (exact) mass is 208 g/mol. The van der Waals surface area contributed by atoms with Gasteiger partial charge in [0.15, 0.2) is 0 Å². The van der Waals surface area contributed by atoms with Gasteiger partial charge in [-0.25, -0.2) is 0 Å². The Kier molecular flexibility index (Phi) is 3.69. The van der Waals surface area contributed by atoms with Crippen molar-refractivity contribution in [1.29, 1.82) is 0 Å². The Morgan fingerprint density at radius 1 is 1.40 bits per heavy atom. The molecule has 0 aromatic carbocycles. The fraction of sp³-hybridized carbons (Fsp3) is 0.583. The molecule has 0 bridgehead atoms. The molecule has 0 amide bonds. The Morgan fingerprint density at radius 2 is 2.07 bits per heavy atom. The molecule has 0 saturated carbocycles. The molecule has 0 aliphatic heterocycles. The van der Waals surface area contributed by atoms with Crippen LogP contribution in [0.5, 0.6) is 5.75 Å². The molecule has 0 aliphatic rings. The zero-order chi connectivity index (χ0) is 11.5. The first-order chi connectivity index (χ1) is 6.95. The van der Waals surface area contributed by atoms with Crippen LogP contribution >= 0.6 is 0 Å². The van der Waals surface area contributed by atoms with Crippen LogP contribution in [0.25, 0.3) is 0 Å². The third kappa shape index (κ3) is 3.20. The van der Waals surface area contributed by atoms with E-state index in [4.69, 9.17) is 5.11 Å². The molecule has 0 saturated heterocycles. The maximum absolute atomic E-state index is 9.12. The average molecular weight is 208 g/mol. The Labute approximate surface area is 91.8 Å². The zero-order valence-electron chi connectivity index (χ0n) is 9.99. The minimum atomic E-state index is 0.180. The van der Waals surface area contributed by atoms with Crippen molar-refractivity contribution in [1.82, 2.24) is 9.88 Å². The lowest BCUT2D eigenvalue weighted by Crippen LogP contribution is -2.39. The van der Waals surface area contributed by atoms with Crippen molar-refractivity contribution in [3.05, 3.63) is 24.0 Å². The lowest BCUT2D eigenvalue weighted by atomic mass is 10.00. The van der Waals surface area contributed by atoms with Crippen molar-refractivity contribution in [2.45, 2.75) is 39.3 Å². The highest BCUT2D eigenvalue weighted by Crippen LogP contribution is 2.18. The number of hydrogen-bond acceptors (Lipinski definition) is 3. The highest BCUT2D eigenvalue weighted by Gasteiger charge is 2.21. The van der Waals surface area contributed by atoms with E-state index in [-0.39, 0.29) is 11.3 Å². The van der Waals surface area contributed by atoms with E-state index in [0.717, 1.165) is 18.7 Å². The van der Waals surface area contributed by atoms with Gasteiger partial charge in [0.1, 0.15) is 5.75 Å². The summed E-state index contributed by atoms with van der Waals surface area (Å²) in [7, 11) is 2.10. The first-order valence-corrected chi connectivity index (χ1v) is 5.31. The Bertz CT molecular complexity index is 306. The number of nitrogens with zero attached hydrogens (tertiary/aromatic N) is 2. The minimum absolute atomic E-state index is 0.180. The number of rotatable bonds is 4. The van der Waals surface area contributed by atoms with Crippen molar-refractivity contribution in [2.75, 3.05) is 7.05 Å². The van der Waals surface area contributed by atoms with Gasteiger partial charge in [0.05, 0.1) is 11.9 Å². The maximum Gasteiger partial charge on any atom is 0.133 e. The van der Waals surface area contributed by atoms with E-state index < -0.39 is 0 Å². The van der Waals surface area contributed by atoms with Crippen LogP contribution < -0.4 is 0 Å². The summed E-state index contributed by atoms with van der Waals surface area (Å²) in [5.41, 5.74) is 1.16. The highest BCUT2D eigenvalue weighted by molar-refractivity contribution is 5.17. The number of pyridine rings is 1. The molecule has 1 N–H and O–H groups in total. The molecule has 15 heavy (non-hydrogen) atoms. The molecular weight excluding hydrogens is 188 g/mol. The van der Waals surface area contributed by atoms with Crippen LogP contribution in [0.2, 0.25) is 0 Å². The summed E-state index contributed by atoms with van der Waals surface area (Å²) >= 11 is 0. The lowest BCUT2D eigenvalue weighted by molar-refractivity contribution is 0.141. The highest BCUT2D eigenvalue weighted by atomic mass is 16.3. The first-order valence-electron chi connectivity index (χ1n) is 5.31. The minimum Gasteiger partial charge on any atom is -0.506 e. The third-order valence-electron chi connectivity index (χ3n) is 3.11. The molecule has 1 rings (SSSR count). The zero-order valence-corrected chi connectivity index (χ0v) is 9.99. The maximum atomic E-state index is 9.12. The molecular formula is C12H20N2O. The quantitative estimate of drug-likeness (QED) is 0.825. The van der Waals surface area contributed by atoms with Crippen molar-refractivity contribution in [3.8, 4) is 5.75 Å². The normalized spacial score (nSPS) is 12.1. The average Bonchev–Trinajstić information content (AvgIpc) is 2.21. The van der Waals surface area contributed by atoms with Crippen molar-refractivity contribution in [2.24, 2.45) is 0 Å². The van der Waals surface area contributed by atoms with Crippen LogP contribution in [0.15, 0.2) is 18.3 Å². The van der Waals surface area contributed by atoms with Crippen LogP contribution in [-0.4, -0.2) is 27.6 Å². The Hall–Kier alpha value is -1.09. The number of aromatic nitrogens is 1. The van der Waals surface area contributed by atoms with Crippen molar-refractivity contribution < 1.29 is 5.11 Å². The summed E-state index contributed by atoms with van der Waals surface area (Å²) in [4.78, 5) is 6.44. The van der Waals surface area contributed by atoms with Crippen molar-refractivity contribution in [3.63, 3.8) is 0 Å². The molecule has 3 nitrogen and oxygen atoms in total. The van der Waals surface area contributed by atoms with Gasteiger partial charge in [-0.3, -0.25) is 9.88 Å². The van der Waals surface area contributed by atoms with E-state index in [2.05, 4.69) is 37.7 Å². The van der Waals surface area contributed by atoms with Gasteiger partial charge in [-0.15, -0.1) is 0 Å². The van der Waals surface area contributed by atoms with E-state index in [9.17, 15) is 0 Å². The van der Waals surface area contributed by atoms with Gasteiger partial charge in [-0.1, -0.05) is 6.92 Å². The fourth-order valence-corrected chi connectivity index (χ4v) is 1.24. The second-order valence-corrected chi connectivity index (χ2v) is 4.53. The first kappa shape index (κ1) is 12.0. The molecule has 0 unspecified atom stereocenters. The van der Waals surface area contributed by atoms with E-state index in [0.29, 0.717) is 0 Å². The van der Waals surface area contributed by atoms with Gasteiger partial charge in [-0.2, -0.15) is 0 Å². The van der Waals surface area contributed by atoms with Gasteiger partial charge in [0.25, 0.3) is 0 Å². The summed E-state index contributed by atoms with van der Waals surface area (Å²) in [6.45, 7) is 7.42. The van der Waals surface area contributed by atoms with Crippen LogP contribution in [0.3, 0.4) is 0 Å². The summed E-state index contributed by atoms with van der Waals surface area (Å²) in [5, 5.41) is 9.12. The standard InChI is InChI=1S/C12H20N2O/c1-5-12(2,3)14(4)9-10-6-7-11(15)8-13-10/h6-8,15H,5,9H2,1-4H3. The van der Waals surface area contributed by atoms with Crippen LogP contribution in [0.4, 0.5) is 0 Å². The molecule has 1 aromatic heterocycles. The molecule has 0 radical (unpaired) electrons. The molecule has 1 heterocycles. The van der Waals surface area contributed by atoms with E-state index in [1.807, 2.05) is 6.07 Å². The summed E-state index contributed by atoms with van der Waals surface area (Å²) in [6.07, 6.45) is 2.59. The molecule has 1 aromatic rings. The molecule has 0 atom stereocenters.